The first-order chi connectivity index (χ1) is 20.3. The Morgan fingerprint density at radius 3 is 2.64 bits per heavy atom. The first kappa shape index (κ1) is 26.9. The maximum atomic E-state index is 13.3. The number of amides is 1. The molecule has 0 aromatic carbocycles. The highest BCUT2D eigenvalue weighted by Crippen LogP contribution is 2.39. The van der Waals surface area contributed by atoms with Crippen LogP contribution in [0.2, 0.25) is 0 Å². The number of ketones is 1. The van der Waals surface area contributed by atoms with Crippen LogP contribution in [-0.2, 0) is 17.9 Å². The minimum Gasteiger partial charge on any atom is -0.339 e. The molecule has 212 valence electrons. The van der Waals surface area contributed by atoms with Gasteiger partial charge in [-0.2, -0.15) is 5.26 Å². The number of rotatable bonds is 6. The molecule has 0 spiro atoms. The summed E-state index contributed by atoms with van der Waals surface area (Å²) in [7, 11) is 0. The molecule has 13 nitrogen and oxygen atoms in total. The summed E-state index contributed by atoms with van der Waals surface area (Å²) >= 11 is 0. The summed E-state index contributed by atoms with van der Waals surface area (Å²) < 4.78 is 1.52. The van der Waals surface area contributed by atoms with Crippen LogP contribution in [0.25, 0.3) is 11.3 Å². The van der Waals surface area contributed by atoms with Crippen molar-refractivity contribution in [2.75, 3.05) is 29.4 Å². The van der Waals surface area contributed by atoms with Gasteiger partial charge in [0.2, 0.25) is 11.9 Å². The molecule has 0 unspecified atom stereocenters. The Hall–Kier alpha value is -5.25. The molecular formula is C29H29N11O2. The van der Waals surface area contributed by atoms with E-state index in [1.165, 1.54) is 4.68 Å². The van der Waals surface area contributed by atoms with E-state index in [0.29, 0.717) is 60.5 Å². The maximum Gasteiger partial charge on any atom is 0.244 e. The zero-order valence-electron chi connectivity index (χ0n) is 23.5. The Balaban J connectivity index is 1.19. The second kappa shape index (κ2) is 10.6. The van der Waals surface area contributed by atoms with Gasteiger partial charge in [0.05, 0.1) is 23.0 Å². The fourth-order valence-electron chi connectivity index (χ4n) is 5.49. The normalized spacial score (nSPS) is 17.7. The number of hydrogen-bond donors (Lipinski definition) is 0. The number of nitriles is 1. The molecule has 0 N–H and O–H groups in total. The van der Waals surface area contributed by atoms with Gasteiger partial charge in [0.25, 0.3) is 0 Å². The summed E-state index contributed by atoms with van der Waals surface area (Å²) in [6.45, 7) is 7.97. The average molecular weight is 564 g/mol. The van der Waals surface area contributed by atoms with Gasteiger partial charge in [-0.05, 0) is 39.0 Å². The Bertz CT molecular complexity index is 1680. The standard InChI is InChI=1S/C29H29N11O2/c1-19-16-37(11-12-39(19)25(41)18-38-10-9-34-36-38)28-32-14-21(15-33-28)23-7-6-22-26(42)29(2,3)40(27(22)35-23)17-20-5-4-8-31-24(20)13-30/h4-10,14-15,19H,11-12,16-18H2,1-3H3/t19-/m1/s1. The van der Waals surface area contributed by atoms with Crippen molar-refractivity contribution in [3.8, 4) is 17.3 Å². The summed E-state index contributed by atoms with van der Waals surface area (Å²) in [6.07, 6.45) is 8.26. The predicted octanol–water partition coefficient (Wildman–Crippen LogP) is 2.12. The second-order valence-corrected chi connectivity index (χ2v) is 10.9. The molecule has 13 heteroatoms. The van der Waals surface area contributed by atoms with Crippen molar-refractivity contribution in [2.24, 2.45) is 0 Å². The summed E-state index contributed by atoms with van der Waals surface area (Å²) in [5, 5.41) is 17.2. The topological polar surface area (TPSA) is 150 Å². The van der Waals surface area contributed by atoms with E-state index < -0.39 is 5.54 Å². The van der Waals surface area contributed by atoms with Crippen LogP contribution in [0.4, 0.5) is 11.8 Å². The summed E-state index contributed by atoms with van der Waals surface area (Å²) in [5.74, 6) is 1.10. The number of carbonyl (C=O) groups excluding carboxylic acids is 2. The molecule has 6 heterocycles. The number of pyridine rings is 2. The monoisotopic (exact) mass is 563 g/mol. The lowest BCUT2D eigenvalue weighted by molar-refractivity contribution is -0.134. The van der Waals surface area contributed by atoms with Gasteiger partial charge in [0.1, 0.15) is 24.1 Å². The van der Waals surface area contributed by atoms with E-state index in [-0.39, 0.29) is 24.3 Å². The van der Waals surface area contributed by atoms with Crippen LogP contribution >= 0.6 is 0 Å². The zero-order chi connectivity index (χ0) is 29.4. The van der Waals surface area contributed by atoms with Crippen molar-refractivity contribution >= 4 is 23.5 Å². The van der Waals surface area contributed by atoms with Crippen molar-refractivity contribution in [3.05, 3.63) is 72.1 Å². The lowest BCUT2D eigenvalue weighted by Gasteiger charge is -2.39. The molecule has 2 aliphatic rings. The van der Waals surface area contributed by atoms with Crippen molar-refractivity contribution in [1.29, 1.82) is 5.26 Å². The van der Waals surface area contributed by atoms with Crippen LogP contribution in [-0.4, -0.2) is 82.7 Å². The highest BCUT2D eigenvalue weighted by Gasteiger charge is 2.45. The summed E-state index contributed by atoms with van der Waals surface area (Å²) in [4.78, 5) is 50.1. The first-order valence-corrected chi connectivity index (χ1v) is 13.6. The highest BCUT2D eigenvalue weighted by molar-refractivity contribution is 6.12. The molecule has 1 saturated heterocycles. The molecule has 0 saturated carbocycles. The molecule has 0 aliphatic carbocycles. The molecule has 0 radical (unpaired) electrons. The number of nitrogens with zero attached hydrogens (tertiary/aromatic N) is 11. The number of anilines is 2. The van der Waals surface area contributed by atoms with E-state index in [4.69, 9.17) is 4.98 Å². The quantitative estimate of drug-likeness (QED) is 0.339. The van der Waals surface area contributed by atoms with Crippen LogP contribution in [0.1, 0.15) is 42.4 Å². The third-order valence-electron chi connectivity index (χ3n) is 7.87. The van der Waals surface area contributed by atoms with Crippen LogP contribution in [0.5, 0.6) is 0 Å². The Morgan fingerprint density at radius 1 is 1.12 bits per heavy atom. The third-order valence-corrected chi connectivity index (χ3v) is 7.87. The van der Waals surface area contributed by atoms with Gasteiger partial charge in [-0.15, -0.1) is 5.10 Å². The molecule has 0 bridgehead atoms. The smallest absolute Gasteiger partial charge is 0.244 e. The van der Waals surface area contributed by atoms with E-state index in [2.05, 4.69) is 36.2 Å². The summed E-state index contributed by atoms with van der Waals surface area (Å²) in [5.41, 5.74) is 2.10. The van der Waals surface area contributed by atoms with Crippen molar-refractivity contribution < 1.29 is 9.59 Å². The van der Waals surface area contributed by atoms with Gasteiger partial charge in [-0.3, -0.25) is 9.59 Å². The minimum absolute atomic E-state index is 0.00493. The van der Waals surface area contributed by atoms with E-state index in [1.807, 2.05) is 36.6 Å². The maximum absolute atomic E-state index is 13.3. The molecule has 4 aromatic rings. The largest absolute Gasteiger partial charge is 0.339 e. The van der Waals surface area contributed by atoms with Gasteiger partial charge in [-0.25, -0.2) is 24.6 Å². The first-order valence-electron chi connectivity index (χ1n) is 13.6. The SMILES string of the molecule is C[C@@H]1CN(c2ncc(-c3ccc4c(n3)N(Cc3cccnc3C#N)C(C)(C)C4=O)cn2)CCN1C(=O)Cn1ccnn1. The number of aromatic nitrogens is 7. The van der Waals surface area contributed by atoms with Crippen LogP contribution in [0.15, 0.2) is 55.2 Å². The molecule has 1 fully saturated rings. The average Bonchev–Trinajstić information content (AvgIpc) is 3.58. The molecular weight excluding hydrogens is 534 g/mol. The van der Waals surface area contributed by atoms with Gasteiger partial charge < -0.3 is 14.7 Å². The number of piperazine rings is 1. The Kier molecular flexibility index (Phi) is 6.82. The van der Waals surface area contributed by atoms with Gasteiger partial charge >= 0.3 is 0 Å². The van der Waals surface area contributed by atoms with E-state index in [1.54, 1.807) is 49.2 Å². The minimum atomic E-state index is -0.841. The van der Waals surface area contributed by atoms with Crippen molar-refractivity contribution in [2.45, 2.75) is 45.4 Å². The van der Waals surface area contributed by atoms with Gasteiger partial charge in [-0.1, -0.05) is 11.3 Å². The lowest BCUT2D eigenvalue weighted by Crippen LogP contribution is -2.55. The van der Waals surface area contributed by atoms with Crippen molar-refractivity contribution in [1.82, 2.24) is 39.8 Å². The third kappa shape index (κ3) is 4.81. The number of carbonyl (C=O) groups is 2. The van der Waals surface area contributed by atoms with Crippen molar-refractivity contribution in [3.63, 3.8) is 0 Å². The number of fused-ring (bicyclic) bond motifs is 1. The Morgan fingerprint density at radius 2 is 1.93 bits per heavy atom. The highest BCUT2D eigenvalue weighted by atomic mass is 16.2. The fraction of sp³-hybridized carbons (Fsp3) is 0.345. The molecule has 2 aliphatic heterocycles. The van der Waals surface area contributed by atoms with Crippen LogP contribution < -0.4 is 9.80 Å². The van der Waals surface area contributed by atoms with Gasteiger partial charge in [0, 0.05) is 68.1 Å². The van der Waals surface area contributed by atoms with Crippen LogP contribution in [0, 0.1) is 11.3 Å². The lowest BCUT2D eigenvalue weighted by atomic mass is 9.97. The van der Waals surface area contributed by atoms with Crippen LogP contribution in [0.3, 0.4) is 0 Å². The second-order valence-electron chi connectivity index (χ2n) is 10.9. The molecule has 42 heavy (non-hydrogen) atoms. The molecule has 1 atom stereocenters. The van der Waals surface area contributed by atoms with Gasteiger partial charge in [0.15, 0.2) is 5.78 Å². The molecule has 4 aromatic heterocycles. The van der Waals surface area contributed by atoms with E-state index in [9.17, 15) is 14.9 Å². The predicted molar refractivity (Wildman–Crippen MR) is 152 cm³/mol. The Labute approximate surface area is 242 Å². The number of hydrogen-bond acceptors (Lipinski definition) is 11. The zero-order valence-corrected chi connectivity index (χ0v) is 23.5. The summed E-state index contributed by atoms with van der Waals surface area (Å²) in [6, 6.07) is 9.33. The van der Waals surface area contributed by atoms with E-state index >= 15 is 0 Å². The molecule has 6 rings (SSSR count). The van der Waals surface area contributed by atoms with E-state index in [0.717, 1.165) is 5.56 Å². The number of Topliss-reactive ketones (excluding diaryl/α,β-unsaturated/α-hetero) is 1. The fourth-order valence-corrected chi connectivity index (χ4v) is 5.49. The molecule has 1 amide bonds.